The van der Waals surface area contributed by atoms with Gasteiger partial charge >= 0.3 is 0 Å². The van der Waals surface area contributed by atoms with Crippen LogP contribution in [0.1, 0.15) is 37.7 Å². The molecule has 0 atom stereocenters. The largest absolute Gasteiger partial charge is 0.377 e. The third kappa shape index (κ3) is 2.54. The minimum absolute atomic E-state index is 0.223. The van der Waals surface area contributed by atoms with Crippen LogP contribution in [-0.2, 0) is 16.6 Å². The van der Waals surface area contributed by atoms with E-state index in [0.717, 1.165) is 29.3 Å². The van der Waals surface area contributed by atoms with Crippen LogP contribution >= 0.6 is 0 Å². The van der Waals surface area contributed by atoms with Crippen molar-refractivity contribution in [3.63, 3.8) is 0 Å². The molecule has 1 aliphatic heterocycles. The maximum atomic E-state index is 12.8. The summed E-state index contributed by atoms with van der Waals surface area (Å²) in [5, 5.41) is 4.41. The van der Waals surface area contributed by atoms with Crippen LogP contribution in [0.4, 0.5) is 0 Å². The van der Waals surface area contributed by atoms with Gasteiger partial charge in [-0.25, -0.2) is 0 Å². The molecule has 0 spiro atoms. The topological polar surface area (TPSA) is 54.3 Å². The van der Waals surface area contributed by atoms with Crippen molar-refractivity contribution in [3.8, 4) is 0 Å². The van der Waals surface area contributed by atoms with Crippen LogP contribution in [0.15, 0.2) is 36.2 Å². The average molecular weight is 337 g/mol. The Morgan fingerprint density at radius 1 is 1.00 bits per heavy atom. The summed E-state index contributed by atoms with van der Waals surface area (Å²) >= 11 is 0. The summed E-state index contributed by atoms with van der Waals surface area (Å²) in [5.41, 5.74) is 2.86. The number of benzene rings is 1. The minimum atomic E-state index is -0.224. The average Bonchev–Trinajstić information content (AvgIpc) is 3.07. The van der Waals surface area contributed by atoms with Gasteiger partial charge in [-0.2, -0.15) is 0 Å². The van der Waals surface area contributed by atoms with Crippen molar-refractivity contribution in [1.82, 2.24) is 14.8 Å². The summed E-state index contributed by atoms with van der Waals surface area (Å²) < 4.78 is 2.01. The lowest BCUT2D eigenvalue weighted by atomic mass is 9.94. The lowest BCUT2D eigenvalue weighted by Crippen LogP contribution is -2.35. The van der Waals surface area contributed by atoms with Gasteiger partial charge in [0.15, 0.2) is 0 Å². The number of hydrogen-bond donors (Lipinski definition) is 1. The molecule has 1 aromatic carbocycles. The Morgan fingerprint density at radius 2 is 1.72 bits per heavy atom. The molecular formula is C20H23N3O2. The van der Waals surface area contributed by atoms with Crippen LogP contribution in [0.5, 0.6) is 0 Å². The Balaban J connectivity index is 1.84. The lowest BCUT2D eigenvalue weighted by Gasteiger charge is -2.24. The van der Waals surface area contributed by atoms with E-state index < -0.39 is 0 Å². The first-order chi connectivity index (χ1) is 12.1. The molecule has 4 rings (SSSR count). The standard InChI is InChI=1S/C20H23N3O2/c1-22-12-15(14-10-6-7-11-16(14)22)17-18(20(25)23(2)19(17)24)21-13-8-4-3-5-9-13/h6-7,10-13,21H,3-5,8-9H2,1-2H3. The molecule has 2 aromatic rings. The number of hydrogen-bond acceptors (Lipinski definition) is 3. The number of carbonyl (C=O) groups is 2. The summed E-state index contributed by atoms with van der Waals surface area (Å²) in [7, 11) is 3.52. The molecular weight excluding hydrogens is 314 g/mol. The Hall–Kier alpha value is -2.56. The second kappa shape index (κ2) is 6.06. The highest BCUT2D eigenvalue weighted by molar-refractivity contribution is 6.37. The highest BCUT2D eigenvalue weighted by Crippen LogP contribution is 2.34. The first-order valence-corrected chi connectivity index (χ1v) is 8.95. The van der Waals surface area contributed by atoms with Gasteiger partial charge in [0.25, 0.3) is 11.8 Å². The molecule has 2 heterocycles. The molecule has 130 valence electrons. The number of aromatic nitrogens is 1. The summed E-state index contributed by atoms with van der Waals surface area (Å²) in [5.74, 6) is -0.446. The fourth-order valence-corrected chi connectivity index (χ4v) is 4.02. The van der Waals surface area contributed by atoms with Gasteiger partial charge in [0.05, 0.1) is 5.57 Å². The van der Waals surface area contributed by atoms with E-state index in [1.165, 1.54) is 24.2 Å². The first kappa shape index (κ1) is 15.9. The lowest BCUT2D eigenvalue weighted by molar-refractivity contribution is -0.135. The van der Waals surface area contributed by atoms with Gasteiger partial charge in [0.2, 0.25) is 0 Å². The van der Waals surface area contributed by atoms with Crippen LogP contribution in [0.25, 0.3) is 16.5 Å². The number of imide groups is 1. The molecule has 25 heavy (non-hydrogen) atoms. The van der Waals surface area contributed by atoms with Gasteiger partial charge in [-0.1, -0.05) is 37.5 Å². The second-order valence-corrected chi connectivity index (χ2v) is 7.07. The van der Waals surface area contributed by atoms with E-state index >= 15 is 0 Å². The summed E-state index contributed by atoms with van der Waals surface area (Å²) in [6.45, 7) is 0. The number of likely N-dealkylation sites (N-methyl/N-ethyl adjacent to an activating group) is 1. The zero-order valence-corrected chi connectivity index (χ0v) is 14.7. The van der Waals surface area contributed by atoms with Crippen LogP contribution in [0.2, 0.25) is 0 Å². The Morgan fingerprint density at radius 3 is 2.48 bits per heavy atom. The number of rotatable bonds is 3. The molecule has 1 N–H and O–H groups in total. The SMILES string of the molecule is CN1C(=O)C(NC2CCCCC2)=C(c2cn(C)c3ccccc23)C1=O. The van der Waals surface area contributed by atoms with Gasteiger partial charge in [0, 0.05) is 42.8 Å². The Kier molecular flexibility index (Phi) is 3.86. The smallest absolute Gasteiger partial charge is 0.277 e. The predicted octanol–water partition coefficient (Wildman–Crippen LogP) is 2.81. The fraction of sp³-hybridized carbons (Fsp3) is 0.400. The van der Waals surface area contributed by atoms with Crippen LogP contribution in [0.3, 0.4) is 0 Å². The molecule has 1 aromatic heterocycles. The third-order valence-corrected chi connectivity index (χ3v) is 5.41. The highest BCUT2D eigenvalue weighted by atomic mass is 16.2. The maximum absolute atomic E-state index is 12.8. The van der Waals surface area contributed by atoms with Crippen molar-refractivity contribution in [3.05, 3.63) is 41.7 Å². The van der Waals surface area contributed by atoms with Crippen molar-refractivity contribution in [2.75, 3.05) is 7.05 Å². The third-order valence-electron chi connectivity index (χ3n) is 5.41. The zero-order chi connectivity index (χ0) is 17.6. The number of fused-ring (bicyclic) bond motifs is 1. The van der Waals surface area contributed by atoms with E-state index in [2.05, 4.69) is 5.32 Å². The van der Waals surface area contributed by atoms with Crippen LogP contribution in [-0.4, -0.2) is 34.4 Å². The van der Waals surface area contributed by atoms with Gasteiger partial charge in [-0.3, -0.25) is 14.5 Å². The molecule has 1 aliphatic carbocycles. The van der Waals surface area contributed by atoms with E-state index in [1.807, 2.05) is 42.1 Å². The molecule has 0 radical (unpaired) electrons. The predicted molar refractivity (Wildman–Crippen MR) is 97.6 cm³/mol. The van der Waals surface area contributed by atoms with Crippen molar-refractivity contribution < 1.29 is 9.59 Å². The van der Waals surface area contributed by atoms with Crippen LogP contribution in [0, 0.1) is 0 Å². The first-order valence-electron chi connectivity index (χ1n) is 8.95. The van der Waals surface area contributed by atoms with Gasteiger partial charge in [-0.15, -0.1) is 0 Å². The number of carbonyl (C=O) groups excluding carboxylic acids is 2. The van der Waals surface area contributed by atoms with Crippen molar-refractivity contribution >= 4 is 28.3 Å². The normalized spacial score (nSPS) is 19.4. The number of amides is 2. The molecule has 0 unspecified atom stereocenters. The number of aryl methyl sites for hydroxylation is 1. The Labute approximate surface area is 147 Å². The minimum Gasteiger partial charge on any atom is -0.377 e. The molecule has 5 nitrogen and oxygen atoms in total. The quantitative estimate of drug-likeness (QED) is 0.876. The molecule has 1 saturated carbocycles. The molecule has 0 bridgehead atoms. The van der Waals surface area contributed by atoms with Crippen molar-refractivity contribution in [2.24, 2.45) is 7.05 Å². The van der Waals surface area contributed by atoms with Gasteiger partial charge < -0.3 is 9.88 Å². The van der Waals surface area contributed by atoms with E-state index in [-0.39, 0.29) is 17.9 Å². The van der Waals surface area contributed by atoms with E-state index in [4.69, 9.17) is 0 Å². The monoisotopic (exact) mass is 337 g/mol. The highest BCUT2D eigenvalue weighted by Gasteiger charge is 2.38. The fourth-order valence-electron chi connectivity index (χ4n) is 4.02. The summed E-state index contributed by atoms with van der Waals surface area (Å²) in [6.07, 6.45) is 7.65. The molecule has 2 aliphatic rings. The number of nitrogens with one attached hydrogen (secondary N) is 1. The van der Waals surface area contributed by atoms with E-state index in [9.17, 15) is 9.59 Å². The van der Waals surface area contributed by atoms with Crippen molar-refractivity contribution in [2.45, 2.75) is 38.1 Å². The van der Waals surface area contributed by atoms with Gasteiger partial charge in [0.1, 0.15) is 5.70 Å². The van der Waals surface area contributed by atoms with E-state index in [0.29, 0.717) is 11.3 Å². The maximum Gasteiger partial charge on any atom is 0.277 e. The molecule has 1 fully saturated rings. The summed E-state index contributed by atoms with van der Waals surface area (Å²) in [6, 6.07) is 8.25. The number of nitrogens with zero attached hydrogens (tertiary/aromatic N) is 2. The molecule has 0 saturated heterocycles. The summed E-state index contributed by atoms with van der Waals surface area (Å²) in [4.78, 5) is 26.7. The van der Waals surface area contributed by atoms with Crippen molar-refractivity contribution in [1.29, 1.82) is 0 Å². The number of para-hydroxylation sites is 1. The Bertz CT molecular complexity index is 887. The zero-order valence-electron chi connectivity index (χ0n) is 14.7. The van der Waals surface area contributed by atoms with Crippen LogP contribution < -0.4 is 5.32 Å². The second-order valence-electron chi connectivity index (χ2n) is 7.07. The molecule has 2 amide bonds. The molecule has 5 heteroatoms. The van der Waals surface area contributed by atoms with Gasteiger partial charge in [-0.05, 0) is 18.9 Å². The van der Waals surface area contributed by atoms with E-state index in [1.54, 1.807) is 7.05 Å².